The van der Waals surface area contributed by atoms with Crippen LogP contribution in [0.2, 0.25) is 0 Å². The van der Waals surface area contributed by atoms with Gasteiger partial charge in [-0.3, -0.25) is 14.4 Å². The molecule has 0 spiro atoms. The number of likely N-dealkylation sites (N-methyl/N-ethyl adjacent to an activating group) is 2. The number of carbonyl (C=O) groups excluding carboxylic acids is 3. The van der Waals surface area contributed by atoms with Crippen LogP contribution in [0.3, 0.4) is 0 Å². The van der Waals surface area contributed by atoms with E-state index in [1.54, 1.807) is 47.5 Å². The van der Waals surface area contributed by atoms with E-state index < -0.39 is 0 Å². The molecule has 6 aromatic heterocycles. The zero-order valence-electron chi connectivity index (χ0n) is 64.0. The van der Waals surface area contributed by atoms with Gasteiger partial charge < -0.3 is 89.2 Å². The van der Waals surface area contributed by atoms with Crippen LogP contribution in [-0.2, 0) is 0 Å². The molecule has 6 aliphatic heterocycles. The molecular weight excluding hydrogens is 1430 g/mol. The van der Waals surface area contributed by atoms with Crippen LogP contribution in [0.5, 0.6) is 17.2 Å². The monoisotopic (exact) mass is 1530 g/mol. The van der Waals surface area contributed by atoms with E-state index in [2.05, 4.69) is 129 Å². The number of fused-ring (bicyclic) bond motifs is 6. The topological polar surface area (TPSA) is 287 Å². The highest BCUT2D eigenvalue weighted by atomic mass is 32.1. The molecule has 6 aliphatic rings. The Morgan fingerprint density at radius 1 is 0.463 bits per heavy atom. The van der Waals surface area contributed by atoms with Crippen molar-refractivity contribution >= 4 is 148 Å². The van der Waals surface area contributed by atoms with Crippen LogP contribution in [0, 0.1) is 27.7 Å². The predicted molar refractivity (Wildman–Crippen MR) is 431 cm³/mol. The van der Waals surface area contributed by atoms with Crippen molar-refractivity contribution in [2.24, 2.45) is 0 Å². The average Bonchev–Trinajstić information content (AvgIpc) is 1.62. The molecule has 0 atom stereocenters. The maximum absolute atomic E-state index is 13.2. The molecular formula is C75H95N23O7S3. The van der Waals surface area contributed by atoms with E-state index in [9.17, 15) is 19.5 Å². The van der Waals surface area contributed by atoms with Gasteiger partial charge >= 0.3 is 0 Å². The first-order valence-corrected chi connectivity index (χ1v) is 38.8. The summed E-state index contributed by atoms with van der Waals surface area (Å²) in [6.07, 6.45) is 7.37. The Kier molecular flexibility index (Phi) is 23.1. The Morgan fingerprint density at radius 2 is 0.861 bits per heavy atom. The zero-order valence-corrected chi connectivity index (χ0v) is 66.5. The molecule has 4 N–H and O–H groups in total. The van der Waals surface area contributed by atoms with Crippen molar-refractivity contribution in [1.82, 2.24) is 59.6 Å². The van der Waals surface area contributed by atoms with Gasteiger partial charge in [0, 0.05) is 117 Å². The van der Waals surface area contributed by atoms with E-state index in [0.717, 1.165) is 142 Å². The third kappa shape index (κ3) is 15.6. The largest absolute Gasteiger partial charge is 0.495 e. The molecule has 3 amide bonds. The molecule has 0 bridgehead atoms. The second-order valence-electron chi connectivity index (χ2n) is 27.3. The fraction of sp³-hybridized carbons (Fsp3) is 0.440. The summed E-state index contributed by atoms with van der Waals surface area (Å²) in [7, 11) is 15.5. The number of methoxy groups -OCH3 is 2. The van der Waals surface area contributed by atoms with Crippen LogP contribution in [0.15, 0.2) is 67.1 Å². The van der Waals surface area contributed by atoms with Crippen LogP contribution in [0.1, 0.15) is 97.1 Å². The molecule has 570 valence electrons. The molecule has 108 heavy (non-hydrogen) atoms. The Balaban J connectivity index is 0.000000143. The summed E-state index contributed by atoms with van der Waals surface area (Å²) in [5.74, 6) is 5.38. The van der Waals surface area contributed by atoms with Crippen LogP contribution in [-0.4, -0.2) is 237 Å². The van der Waals surface area contributed by atoms with E-state index in [0.29, 0.717) is 106 Å². The molecule has 30 nitrogen and oxygen atoms in total. The Bertz CT molecular complexity index is 4780. The van der Waals surface area contributed by atoms with Gasteiger partial charge in [0.1, 0.15) is 55.9 Å². The van der Waals surface area contributed by atoms with Gasteiger partial charge in [-0.05, 0) is 143 Å². The third-order valence-corrected chi connectivity index (χ3v) is 23.3. The number of piperidine rings is 1. The number of anilines is 17. The lowest BCUT2D eigenvalue weighted by molar-refractivity contribution is 0.0977. The number of aliphatic hydroxyl groups is 1. The highest BCUT2D eigenvalue weighted by molar-refractivity contribution is 7.17. The maximum Gasteiger partial charge on any atom is 0.280 e. The fourth-order valence-electron chi connectivity index (χ4n) is 14.1. The third-order valence-electron chi connectivity index (χ3n) is 20.1. The number of nitrogens with one attached hydrogen (secondary N) is 3. The van der Waals surface area contributed by atoms with Crippen LogP contribution < -0.4 is 69.4 Å². The molecule has 33 heteroatoms. The van der Waals surface area contributed by atoms with Gasteiger partial charge in [0.25, 0.3) is 17.7 Å². The minimum Gasteiger partial charge on any atom is -0.495 e. The van der Waals surface area contributed by atoms with Gasteiger partial charge in [0.15, 0.2) is 34.5 Å². The molecule has 3 saturated heterocycles. The smallest absolute Gasteiger partial charge is 0.280 e. The van der Waals surface area contributed by atoms with Gasteiger partial charge in [-0.15, -0.1) is 34.0 Å². The normalized spacial score (nSPS) is 16.2. The number of piperazine rings is 2. The molecule has 0 unspecified atom stereocenters. The van der Waals surface area contributed by atoms with Crippen LogP contribution in [0.25, 0.3) is 0 Å². The lowest BCUT2D eigenvalue weighted by atomic mass is 9.89. The van der Waals surface area contributed by atoms with Gasteiger partial charge in [-0.2, -0.15) is 15.0 Å². The molecule has 0 aliphatic carbocycles. The molecule has 3 aromatic carbocycles. The van der Waals surface area contributed by atoms with Gasteiger partial charge in [-0.25, -0.2) is 29.9 Å². The number of benzene rings is 3. The van der Waals surface area contributed by atoms with Gasteiger partial charge in [-0.1, -0.05) is 6.07 Å². The number of carbonyl (C=O) groups is 3. The summed E-state index contributed by atoms with van der Waals surface area (Å²) in [6, 6.07) is 16.5. The number of rotatable bonds is 17. The summed E-state index contributed by atoms with van der Waals surface area (Å²) in [6.45, 7) is 25.3. The first kappa shape index (κ1) is 76.1. The fourth-order valence-corrected chi connectivity index (χ4v) is 16.7. The number of hydrogen-bond donors (Lipinski definition) is 4. The Morgan fingerprint density at radius 3 is 1.29 bits per heavy atom. The molecule has 0 saturated carbocycles. The van der Waals surface area contributed by atoms with Gasteiger partial charge in [0.05, 0.1) is 71.5 Å². The Hall–Kier alpha value is -10.2. The van der Waals surface area contributed by atoms with Crippen molar-refractivity contribution in [2.45, 2.75) is 67.2 Å². The van der Waals surface area contributed by atoms with E-state index in [-0.39, 0.29) is 30.9 Å². The lowest BCUT2D eigenvalue weighted by Crippen LogP contribution is -2.44. The molecule has 9 aromatic rings. The lowest BCUT2D eigenvalue weighted by Gasteiger charge is -2.35. The van der Waals surface area contributed by atoms with Crippen LogP contribution in [0.4, 0.5) is 95.8 Å². The SMILES string of the molecule is CCN1C(=O)c2nc(C)sc2N(C)c2nc(Nc3cc(C)c(N4CCN(C)CC4)cc3OC)ncc21.CCN1C(=O)c2nc(C)sc2N(C)c2nc(Nc3ccc(C4CCN(C)CC4)cc3OC)ncc21.CCN1C(=O)c2nc(C)sc2N(C)c2nc(Nc3ccc(N4CCN(C)CC4)cc3OCCO)ncc21. The first-order chi connectivity index (χ1) is 52.1. The zero-order chi connectivity index (χ0) is 76.4. The number of hydrogen-bond acceptors (Lipinski definition) is 30. The maximum atomic E-state index is 13.2. The molecule has 15 rings (SSSR count). The quantitative estimate of drug-likeness (QED) is 0.0659. The second kappa shape index (κ2) is 32.7. The number of likely N-dealkylation sites (tertiary alicyclic amines) is 1. The van der Waals surface area contributed by atoms with Crippen molar-refractivity contribution < 1.29 is 33.7 Å². The summed E-state index contributed by atoms with van der Waals surface area (Å²) < 4.78 is 17.4. The number of aromatic nitrogens is 9. The number of nitrogens with zero attached hydrogens (tertiary/aromatic N) is 20. The van der Waals surface area contributed by atoms with E-state index in [1.165, 1.54) is 45.3 Å². The summed E-state index contributed by atoms with van der Waals surface area (Å²) in [5.41, 5.74) is 10.3. The summed E-state index contributed by atoms with van der Waals surface area (Å²) in [4.78, 5) is 104. The predicted octanol–water partition coefficient (Wildman–Crippen LogP) is 11.2. The molecule has 12 heterocycles. The van der Waals surface area contributed by atoms with E-state index >= 15 is 0 Å². The number of aliphatic hydroxyl groups excluding tert-OH is 1. The number of thiazole rings is 3. The summed E-state index contributed by atoms with van der Waals surface area (Å²) >= 11 is 4.43. The summed E-state index contributed by atoms with van der Waals surface area (Å²) in [5, 5.41) is 24.2. The first-order valence-electron chi connectivity index (χ1n) is 36.4. The van der Waals surface area contributed by atoms with Crippen molar-refractivity contribution in [3.8, 4) is 17.2 Å². The minimum absolute atomic E-state index is 0.0875. The van der Waals surface area contributed by atoms with Crippen molar-refractivity contribution in [2.75, 3.05) is 210 Å². The molecule has 0 radical (unpaired) electrons. The van der Waals surface area contributed by atoms with Gasteiger partial charge in [0.2, 0.25) is 17.8 Å². The van der Waals surface area contributed by atoms with E-state index in [4.69, 9.17) is 29.2 Å². The average molecular weight is 1530 g/mol. The van der Waals surface area contributed by atoms with Crippen molar-refractivity contribution in [1.29, 1.82) is 0 Å². The van der Waals surface area contributed by atoms with Crippen molar-refractivity contribution in [3.63, 3.8) is 0 Å². The van der Waals surface area contributed by atoms with Crippen molar-refractivity contribution in [3.05, 3.63) is 110 Å². The molecule has 3 fully saturated rings. The Labute approximate surface area is 642 Å². The standard InChI is InChI=1S/C25H32N8O3S.C25H32N8O2S.C25H31N7O2S/c1-5-33-19-15-26-25(29-22(19)31(4)24-21(23(33)35)27-16(2)37-24)28-18-7-6-17(14-20(18)36-13-12-34)32-10-8-30(3)9-11-32;1-7-33-19-14-26-25(29-22(19)31(5)24-21(23(33)34)27-16(3)36-24)28-17-12-15(2)18(13-20(17)35-6)32-10-8-30(4)9-11-32;1-6-32-19-14-26-25(29-22(19)31(4)24-21(23(32)33)27-15(2)35-24)28-18-8-7-17(13-20(18)34-5)16-9-11-30(3)12-10-16/h6-7,14-15,34H,5,8-13H2,1-4H3,(H,26,28,29);12-14H,7-11H2,1-6H3,(H,26,28,29);7-8,13-14,16H,6,9-12H2,1-5H3,(H,26,28,29). The highest BCUT2D eigenvalue weighted by Gasteiger charge is 2.38. The number of amides is 3. The van der Waals surface area contributed by atoms with Crippen LogP contribution >= 0.6 is 34.0 Å². The number of ether oxygens (including phenoxy) is 3. The van der Waals surface area contributed by atoms with E-state index in [1.807, 2.05) is 95.6 Å². The number of aryl methyl sites for hydroxylation is 4. The minimum atomic E-state index is -0.157. The second-order valence-corrected chi connectivity index (χ2v) is 30.8. The highest BCUT2D eigenvalue weighted by Crippen LogP contribution is 2.47.